The minimum Gasteiger partial charge on any atom is -0.310 e. The predicted octanol–water partition coefficient (Wildman–Crippen LogP) is 3.02. The fourth-order valence-electron chi connectivity index (χ4n) is 3.99. The second-order valence-electron chi connectivity index (χ2n) is 7.71. The summed E-state index contributed by atoms with van der Waals surface area (Å²) in [6.07, 6.45) is 7.66. The molecule has 0 atom stereocenters. The second-order valence-corrected chi connectivity index (χ2v) is 7.71. The Morgan fingerprint density at radius 2 is 2.12 bits per heavy atom. The van der Waals surface area contributed by atoms with E-state index in [1.807, 2.05) is 31.3 Å². The monoisotopic (exact) mass is 436 g/mol. The lowest BCUT2D eigenvalue weighted by Gasteiger charge is -2.19. The highest BCUT2D eigenvalue weighted by atomic mass is 16.2. The number of nitrogens with zero attached hydrogens (tertiary/aromatic N) is 7. The number of carbonyl (C=O) groups excluding carboxylic acids is 1. The number of carbonyl (C=O) groups is 1. The fraction of sp³-hybridized carbons (Fsp3) is 0.167. The molecule has 1 aromatic carbocycles. The number of fused-ring (bicyclic) bond motifs is 1. The molecule has 33 heavy (non-hydrogen) atoms. The van der Waals surface area contributed by atoms with Gasteiger partial charge in [0, 0.05) is 43.8 Å². The number of aromatic nitrogens is 5. The SMILES string of the molecule is Cn1nccc1Nc1nccc(-c2cc(C#N)c3c(c2)CCN3C(=O)Cc2cccnc2)n1. The summed E-state index contributed by atoms with van der Waals surface area (Å²) in [5.41, 5.74) is 4.46. The van der Waals surface area contributed by atoms with E-state index in [4.69, 9.17) is 0 Å². The summed E-state index contributed by atoms with van der Waals surface area (Å²) in [4.78, 5) is 27.7. The molecule has 0 unspecified atom stereocenters. The van der Waals surface area contributed by atoms with Crippen LogP contribution >= 0.6 is 0 Å². The largest absolute Gasteiger partial charge is 0.310 e. The molecular weight excluding hydrogens is 416 g/mol. The molecule has 3 aromatic heterocycles. The second kappa shape index (κ2) is 8.51. The van der Waals surface area contributed by atoms with Gasteiger partial charge in [-0.2, -0.15) is 10.4 Å². The van der Waals surface area contributed by atoms with Crippen molar-refractivity contribution in [1.29, 1.82) is 5.26 Å². The van der Waals surface area contributed by atoms with E-state index >= 15 is 0 Å². The van der Waals surface area contributed by atoms with Gasteiger partial charge in [-0.3, -0.25) is 14.5 Å². The molecule has 1 N–H and O–H groups in total. The number of hydrogen-bond donors (Lipinski definition) is 1. The summed E-state index contributed by atoms with van der Waals surface area (Å²) < 4.78 is 1.69. The predicted molar refractivity (Wildman–Crippen MR) is 123 cm³/mol. The molecule has 5 rings (SSSR count). The van der Waals surface area contributed by atoms with Crippen molar-refractivity contribution in [2.75, 3.05) is 16.8 Å². The molecule has 0 saturated heterocycles. The van der Waals surface area contributed by atoms with Crippen LogP contribution in [0.1, 0.15) is 16.7 Å². The Labute approximate surface area is 190 Å². The molecule has 4 heterocycles. The number of rotatable bonds is 5. The van der Waals surface area contributed by atoms with E-state index in [9.17, 15) is 10.1 Å². The summed E-state index contributed by atoms with van der Waals surface area (Å²) in [6, 6.07) is 13.4. The molecule has 1 aliphatic rings. The molecule has 0 aliphatic carbocycles. The van der Waals surface area contributed by atoms with Crippen LogP contribution in [0, 0.1) is 11.3 Å². The zero-order chi connectivity index (χ0) is 22.8. The van der Waals surface area contributed by atoms with Gasteiger partial charge >= 0.3 is 0 Å². The van der Waals surface area contributed by atoms with E-state index in [1.165, 1.54) is 0 Å². The van der Waals surface area contributed by atoms with Gasteiger partial charge in [-0.1, -0.05) is 6.07 Å². The average molecular weight is 436 g/mol. The third-order valence-electron chi connectivity index (χ3n) is 5.58. The Hall–Kier alpha value is -4.58. The molecule has 0 saturated carbocycles. The molecule has 9 heteroatoms. The topological polar surface area (TPSA) is 113 Å². The maximum atomic E-state index is 13.0. The van der Waals surface area contributed by atoms with Gasteiger partial charge < -0.3 is 10.2 Å². The Morgan fingerprint density at radius 1 is 1.21 bits per heavy atom. The molecule has 1 aliphatic heterocycles. The number of pyridine rings is 1. The third kappa shape index (κ3) is 4.02. The third-order valence-corrected chi connectivity index (χ3v) is 5.58. The normalized spacial score (nSPS) is 12.3. The van der Waals surface area contributed by atoms with Crippen LogP contribution in [0.25, 0.3) is 11.3 Å². The van der Waals surface area contributed by atoms with E-state index in [0.717, 1.165) is 22.5 Å². The van der Waals surface area contributed by atoms with Crippen LogP contribution in [0.4, 0.5) is 17.5 Å². The number of anilines is 3. The molecule has 1 amide bonds. The standard InChI is InChI=1S/C24H20N8O/c1-31-21(5-9-28-31)30-24-27-8-4-20(29-24)18-12-17-6-10-32(23(17)19(13-18)14-25)22(33)11-16-3-2-7-26-15-16/h2-5,7-9,12-13,15H,6,10-11H2,1H3,(H,27,29,30). The van der Waals surface area contributed by atoms with Crippen LogP contribution in [-0.2, 0) is 24.7 Å². The van der Waals surface area contributed by atoms with E-state index in [0.29, 0.717) is 35.9 Å². The van der Waals surface area contributed by atoms with E-state index < -0.39 is 0 Å². The van der Waals surface area contributed by atoms with Gasteiger partial charge in [-0.05, 0) is 41.8 Å². The quantitative estimate of drug-likeness (QED) is 0.512. The summed E-state index contributed by atoms with van der Waals surface area (Å²) in [6.45, 7) is 0.545. The molecule has 0 bridgehead atoms. The van der Waals surface area contributed by atoms with Crippen LogP contribution in [0.2, 0.25) is 0 Å². The minimum absolute atomic E-state index is 0.0456. The van der Waals surface area contributed by atoms with Crippen LogP contribution in [0.15, 0.2) is 61.2 Å². The number of hydrogen-bond acceptors (Lipinski definition) is 7. The number of nitrogens with one attached hydrogen (secondary N) is 1. The summed E-state index contributed by atoms with van der Waals surface area (Å²) in [5, 5.41) is 17.1. The summed E-state index contributed by atoms with van der Waals surface area (Å²) in [7, 11) is 1.83. The van der Waals surface area contributed by atoms with Crippen molar-refractivity contribution in [2.45, 2.75) is 12.8 Å². The van der Waals surface area contributed by atoms with Gasteiger partial charge in [0.15, 0.2) is 0 Å². The molecule has 4 aromatic rings. The van der Waals surface area contributed by atoms with Gasteiger partial charge in [0.2, 0.25) is 11.9 Å². The molecule has 9 nitrogen and oxygen atoms in total. The lowest BCUT2D eigenvalue weighted by atomic mass is 10.0. The van der Waals surface area contributed by atoms with Crippen molar-refractivity contribution in [3.05, 3.63) is 77.9 Å². The summed E-state index contributed by atoms with van der Waals surface area (Å²) in [5.74, 6) is 1.15. The lowest BCUT2D eigenvalue weighted by Crippen LogP contribution is -2.30. The van der Waals surface area contributed by atoms with Gasteiger partial charge in [0.05, 0.1) is 29.6 Å². The number of benzene rings is 1. The Bertz CT molecular complexity index is 1370. The van der Waals surface area contributed by atoms with Crippen LogP contribution in [-0.4, -0.2) is 37.2 Å². The highest BCUT2D eigenvalue weighted by Crippen LogP contribution is 2.36. The van der Waals surface area contributed by atoms with E-state index in [-0.39, 0.29) is 12.3 Å². The Morgan fingerprint density at radius 3 is 2.88 bits per heavy atom. The average Bonchev–Trinajstić information content (AvgIpc) is 3.45. The van der Waals surface area contributed by atoms with Gasteiger partial charge in [0.1, 0.15) is 11.9 Å². The van der Waals surface area contributed by atoms with E-state index in [2.05, 4.69) is 31.4 Å². The summed E-state index contributed by atoms with van der Waals surface area (Å²) >= 11 is 0. The van der Waals surface area contributed by atoms with Gasteiger partial charge in [-0.15, -0.1) is 0 Å². The van der Waals surface area contributed by atoms with Gasteiger partial charge in [-0.25, -0.2) is 9.97 Å². The van der Waals surface area contributed by atoms with Crippen molar-refractivity contribution < 1.29 is 4.79 Å². The molecule has 162 valence electrons. The minimum atomic E-state index is -0.0456. The van der Waals surface area contributed by atoms with Gasteiger partial charge in [0.25, 0.3) is 0 Å². The smallest absolute Gasteiger partial charge is 0.231 e. The Kier molecular flexibility index (Phi) is 5.24. The molecule has 0 radical (unpaired) electrons. The van der Waals surface area contributed by atoms with Crippen molar-refractivity contribution in [1.82, 2.24) is 24.7 Å². The lowest BCUT2D eigenvalue weighted by molar-refractivity contribution is -0.117. The zero-order valence-electron chi connectivity index (χ0n) is 17.9. The number of nitriles is 1. The first kappa shape index (κ1) is 20.3. The fourth-order valence-corrected chi connectivity index (χ4v) is 3.99. The van der Waals surface area contributed by atoms with Crippen LogP contribution < -0.4 is 10.2 Å². The Balaban J connectivity index is 1.44. The van der Waals surface area contributed by atoms with Crippen LogP contribution in [0.3, 0.4) is 0 Å². The number of aryl methyl sites for hydroxylation is 1. The number of amides is 1. The van der Waals surface area contributed by atoms with E-state index in [1.54, 1.807) is 46.5 Å². The van der Waals surface area contributed by atoms with Crippen molar-refractivity contribution in [2.24, 2.45) is 7.05 Å². The highest BCUT2D eigenvalue weighted by Gasteiger charge is 2.28. The first-order chi connectivity index (χ1) is 16.1. The maximum absolute atomic E-state index is 13.0. The van der Waals surface area contributed by atoms with Crippen molar-refractivity contribution in [3.8, 4) is 17.3 Å². The first-order valence-corrected chi connectivity index (χ1v) is 10.5. The zero-order valence-corrected chi connectivity index (χ0v) is 17.9. The molecule has 0 spiro atoms. The molecule has 0 fully saturated rings. The van der Waals surface area contributed by atoms with Crippen molar-refractivity contribution >= 4 is 23.4 Å². The highest BCUT2D eigenvalue weighted by molar-refractivity contribution is 5.98. The van der Waals surface area contributed by atoms with Crippen LogP contribution in [0.5, 0.6) is 0 Å². The maximum Gasteiger partial charge on any atom is 0.231 e. The van der Waals surface area contributed by atoms with Crippen molar-refractivity contribution in [3.63, 3.8) is 0 Å². The first-order valence-electron chi connectivity index (χ1n) is 10.5. The molecular formula is C24H20N8O.